The van der Waals surface area contributed by atoms with E-state index in [1.54, 1.807) is 13.8 Å². The van der Waals surface area contributed by atoms with Crippen LogP contribution >= 0.6 is 0 Å². The summed E-state index contributed by atoms with van der Waals surface area (Å²) in [5, 5.41) is 11.7. The smallest absolute Gasteiger partial charge is 0.153 e. The maximum Gasteiger partial charge on any atom is 0.153 e. The second kappa shape index (κ2) is 5.82. The summed E-state index contributed by atoms with van der Waals surface area (Å²) in [6, 6.07) is 0. The van der Waals surface area contributed by atoms with Crippen molar-refractivity contribution in [1.82, 2.24) is 4.90 Å². The Morgan fingerprint density at radius 1 is 1.53 bits per heavy atom. The number of rotatable bonds is 4. The van der Waals surface area contributed by atoms with E-state index in [4.69, 9.17) is 5.21 Å². The molecule has 0 aromatic heterocycles. The lowest BCUT2D eigenvalue weighted by Crippen LogP contribution is -2.42. The van der Waals surface area contributed by atoms with Gasteiger partial charge in [-0.2, -0.15) is 0 Å². The van der Waals surface area contributed by atoms with Crippen LogP contribution in [0.15, 0.2) is 5.16 Å². The molecule has 1 aliphatic heterocycles. The van der Waals surface area contributed by atoms with Crippen LogP contribution in [0.3, 0.4) is 0 Å². The Morgan fingerprint density at radius 2 is 2.18 bits per heavy atom. The van der Waals surface area contributed by atoms with Crippen LogP contribution in [0.5, 0.6) is 0 Å². The van der Waals surface area contributed by atoms with E-state index in [0.29, 0.717) is 6.54 Å². The summed E-state index contributed by atoms with van der Waals surface area (Å²) in [5.74, 6) is 0.415. The van der Waals surface area contributed by atoms with E-state index < -0.39 is 9.84 Å². The first-order chi connectivity index (χ1) is 7.86. The predicted octanol–water partition coefficient (Wildman–Crippen LogP) is 0.982. The number of piperidine rings is 1. The van der Waals surface area contributed by atoms with E-state index >= 15 is 0 Å². The Kier molecular flexibility index (Phi) is 4.94. The molecule has 1 fully saturated rings. The highest BCUT2D eigenvalue weighted by atomic mass is 32.2. The Bertz CT molecular complexity index is 376. The Labute approximate surface area is 103 Å². The Hall–Kier alpha value is -0.620. The van der Waals surface area contributed by atoms with Crippen LogP contribution < -0.4 is 0 Å². The average Bonchev–Trinajstić information content (AvgIpc) is 2.26. The normalized spacial score (nSPS) is 25.6. The van der Waals surface area contributed by atoms with Gasteiger partial charge in [-0.15, -0.1) is 0 Å². The van der Waals surface area contributed by atoms with Crippen LogP contribution in [-0.2, 0) is 9.84 Å². The van der Waals surface area contributed by atoms with Gasteiger partial charge in [0.2, 0.25) is 0 Å². The van der Waals surface area contributed by atoms with Gasteiger partial charge in [0.15, 0.2) is 9.84 Å². The molecule has 100 valence electrons. The van der Waals surface area contributed by atoms with E-state index in [-0.39, 0.29) is 16.9 Å². The summed E-state index contributed by atoms with van der Waals surface area (Å²) in [6.07, 6.45) is 0.722. The number of oxime groups is 1. The Balaban J connectivity index is 2.46. The summed E-state index contributed by atoms with van der Waals surface area (Å²) in [4.78, 5) is 2.12. The van der Waals surface area contributed by atoms with Crippen molar-refractivity contribution in [2.24, 2.45) is 11.1 Å². The minimum absolute atomic E-state index is 0.204. The predicted molar refractivity (Wildman–Crippen MR) is 68.4 cm³/mol. The lowest BCUT2D eigenvalue weighted by Gasteiger charge is -2.31. The van der Waals surface area contributed by atoms with Crippen LogP contribution in [0, 0.1) is 5.92 Å². The van der Waals surface area contributed by atoms with Crippen molar-refractivity contribution in [2.75, 3.05) is 25.4 Å². The summed E-state index contributed by atoms with van der Waals surface area (Å²) >= 11 is 0. The highest BCUT2D eigenvalue weighted by Crippen LogP contribution is 2.14. The monoisotopic (exact) mass is 262 g/mol. The summed E-state index contributed by atoms with van der Waals surface area (Å²) in [5.41, 5.74) is 0.813. The second-order valence-electron chi connectivity index (χ2n) is 4.96. The van der Waals surface area contributed by atoms with Crippen molar-refractivity contribution in [3.8, 4) is 0 Å². The average molecular weight is 262 g/mol. The molecule has 1 unspecified atom stereocenters. The van der Waals surface area contributed by atoms with Gasteiger partial charge in [-0.1, -0.05) is 12.1 Å². The molecule has 5 nitrogen and oxygen atoms in total. The highest BCUT2D eigenvalue weighted by molar-refractivity contribution is 7.92. The molecule has 1 rings (SSSR count). The van der Waals surface area contributed by atoms with Crippen molar-refractivity contribution >= 4 is 15.5 Å². The van der Waals surface area contributed by atoms with Crippen molar-refractivity contribution < 1.29 is 13.6 Å². The molecular weight excluding hydrogens is 240 g/mol. The van der Waals surface area contributed by atoms with Crippen molar-refractivity contribution in [2.45, 2.75) is 32.4 Å². The van der Waals surface area contributed by atoms with Crippen LogP contribution in [0.1, 0.15) is 27.2 Å². The van der Waals surface area contributed by atoms with Gasteiger partial charge in [-0.05, 0) is 13.8 Å². The lowest BCUT2D eigenvalue weighted by atomic mass is 9.98. The number of sulfone groups is 1. The molecule has 6 heteroatoms. The molecule has 1 atom stereocenters. The van der Waals surface area contributed by atoms with Gasteiger partial charge in [-0.3, -0.25) is 0 Å². The zero-order chi connectivity index (χ0) is 13.1. The fourth-order valence-corrected chi connectivity index (χ4v) is 2.93. The standard InChI is InChI=1S/C11H22N2O3S/c1-9(2)17(15,16)7-6-13-5-4-11(12-14)10(3)8-13/h9-10,14H,4-8H2,1-3H3. The molecule has 0 saturated carbocycles. The van der Waals surface area contributed by atoms with Crippen LogP contribution in [0.4, 0.5) is 0 Å². The highest BCUT2D eigenvalue weighted by Gasteiger charge is 2.24. The maximum absolute atomic E-state index is 11.7. The van der Waals surface area contributed by atoms with Crippen LogP contribution in [-0.4, -0.2) is 54.9 Å². The van der Waals surface area contributed by atoms with Gasteiger partial charge < -0.3 is 10.1 Å². The molecule has 0 aromatic carbocycles. The third-order valence-corrected chi connectivity index (χ3v) is 5.51. The zero-order valence-electron chi connectivity index (χ0n) is 10.8. The van der Waals surface area contributed by atoms with E-state index in [2.05, 4.69) is 10.1 Å². The molecule has 0 spiro atoms. The summed E-state index contributed by atoms with van der Waals surface area (Å²) in [7, 11) is -2.96. The second-order valence-corrected chi connectivity index (χ2v) is 7.64. The van der Waals surface area contributed by atoms with Crippen LogP contribution in [0.25, 0.3) is 0 Å². The van der Waals surface area contributed by atoms with Gasteiger partial charge in [0, 0.05) is 32.0 Å². The van der Waals surface area contributed by atoms with Crippen LogP contribution in [0.2, 0.25) is 0 Å². The fourth-order valence-electron chi connectivity index (χ4n) is 1.95. The first-order valence-corrected chi connectivity index (χ1v) is 7.73. The SMILES string of the molecule is CC1CN(CCS(=O)(=O)C(C)C)CCC1=NO. The molecule has 0 aliphatic carbocycles. The number of hydrogen-bond donors (Lipinski definition) is 1. The van der Waals surface area contributed by atoms with Gasteiger partial charge in [0.25, 0.3) is 0 Å². The largest absolute Gasteiger partial charge is 0.411 e. The third kappa shape index (κ3) is 3.96. The van der Waals surface area contributed by atoms with Gasteiger partial charge >= 0.3 is 0 Å². The van der Waals surface area contributed by atoms with E-state index in [1.807, 2.05) is 6.92 Å². The van der Waals surface area contributed by atoms with E-state index in [0.717, 1.165) is 25.2 Å². The number of likely N-dealkylation sites (tertiary alicyclic amines) is 1. The van der Waals surface area contributed by atoms with Gasteiger partial charge in [0.1, 0.15) is 0 Å². The molecule has 1 saturated heterocycles. The lowest BCUT2D eigenvalue weighted by molar-refractivity contribution is 0.246. The maximum atomic E-state index is 11.7. The minimum Gasteiger partial charge on any atom is -0.411 e. The molecule has 0 radical (unpaired) electrons. The molecule has 0 aromatic rings. The number of nitrogens with zero attached hydrogens (tertiary/aromatic N) is 2. The zero-order valence-corrected chi connectivity index (χ0v) is 11.6. The molecule has 1 N–H and O–H groups in total. The Morgan fingerprint density at radius 3 is 2.65 bits per heavy atom. The molecule has 17 heavy (non-hydrogen) atoms. The van der Waals surface area contributed by atoms with Crippen molar-refractivity contribution in [1.29, 1.82) is 0 Å². The first-order valence-electron chi connectivity index (χ1n) is 6.01. The van der Waals surface area contributed by atoms with E-state index in [9.17, 15) is 8.42 Å². The third-order valence-electron chi connectivity index (χ3n) is 3.32. The molecule has 1 aliphatic rings. The topological polar surface area (TPSA) is 70.0 Å². The van der Waals surface area contributed by atoms with Crippen molar-refractivity contribution in [3.63, 3.8) is 0 Å². The number of hydrogen-bond acceptors (Lipinski definition) is 5. The minimum atomic E-state index is -2.96. The summed E-state index contributed by atoms with van der Waals surface area (Å²) < 4.78 is 23.4. The van der Waals surface area contributed by atoms with E-state index in [1.165, 1.54) is 0 Å². The molecule has 0 bridgehead atoms. The molecule has 0 amide bonds. The molecule has 1 heterocycles. The van der Waals surface area contributed by atoms with Crippen molar-refractivity contribution in [3.05, 3.63) is 0 Å². The molecular formula is C11H22N2O3S. The summed E-state index contributed by atoms with van der Waals surface area (Å²) in [6.45, 7) is 7.54. The first kappa shape index (κ1) is 14.4. The van der Waals surface area contributed by atoms with Gasteiger partial charge in [0.05, 0.1) is 16.7 Å². The quantitative estimate of drug-likeness (QED) is 0.605. The van der Waals surface area contributed by atoms with Gasteiger partial charge in [-0.25, -0.2) is 8.42 Å². The fraction of sp³-hybridized carbons (Fsp3) is 0.909.